The topological polar surface area (TPSA) is 124 Å². The van der Waals surface area contributed by atoms with E-state index in [0.717, 1.165) is 59.3 Å². The van der Waals surface area contributed by atoms with Gasteiger partial charge in [-0.25, -0.2) is 4.98 Å². The molecule has 1 amide bonds. The first kappa shape index (κ1) is 21.0. The molecule has 1 saturated carbocycles. The van der Waals surface area contributed by atoms with E-state index >= 15 is 0 Å². The Balaban J connectivity index is 1.34. The van der Waals surface area contributed by atoms with E-state index in [1.54, 1.807) is 6.07 Å². The van der Waals surface area contributed by atoms with E-state index in [-0.39, 0.29) is 0 Å². The molecule has 4 aromatic rings. The first-order valence-corrected chi connectivity index (χ1v) is 12.0. The number of aromatic nitrogens is 7. The average Bonchev–Trinajstić information content (AvgIpc) is 3.58. The van der Waals surface area contributed by atoms with Gasteiger partial charge in [0.15, 0.2) is 11.6 Å². The highest BCUT2D eigenvalue weighted by Crippen LogP contribution is 2.40. The summed E-state index contributed by atoms with van der Waals surface area (Å²) in [6, 6.07) is 5.56. The van der Waals surface area contributed by atoms with Crippen LogP contribution in [0.25, 0.3) is 33.8 Å². The first-order valence-electron chi connectivity index (χ1n) is 12.0. The van der Waals surface area contributed by atoms with Gasteiger partial charge in [0.05, 0.1) is 24.0 Å². The number of nitrogens with one attached hydrogen (secondary N) is 1. The van der Waals surface area contributed by atoms with Crippen LogP contribution in [0.5, 0.6) is 0 Å². The number of primary amides is 1. The average molecular weight is 460 g/mol. The van der Waals surface area contributed by atoms with Gasteiger partial charge in [0.1, 0.15) is 5.69 Å². The highest BCUT2D eigenvalue weighted by Gasteiger charge is 2.38. The summed E-state index contributed by atoms with van der Waals surface area (Å²) in [4.78, 5) is 19.4. The number of H-pyrrole nitrogens is 1. The lowest BCUT2D eigenvalue weighted by molar-refractivity contribution is 0.100. The lowest BCUT2D eigenvalue weighted by Gasteiger charge is -2.28. The van der Waals surface area contributed by atoms with Crippen molar-refractivity contribution < 1.29 is 4.79 Å². The van der Waals surface area contributed by atoms with Crippen molar-refractivity contribution in [2.24, 2.45) is 17.6 Å². The minimum absolute atomic E-state index is 0.427. The Kier molecular flexibility index (Phi) is 4.98. The van der Waals surface area contributed by atoms with Crippen LogP contribution in [0.2, 0.25) is 0 Å². The van der Waals surface area contributed by atoms with Crippen LogP contribution in [0.1, 0.15) is 35.8 Å². The summed E-state index contributed by atoms with van der Waals surface area (Å²) in [5, 5.41) is 17.5. The second kappa shape index (κ2) is 8.05. The Morgan fingerprint density at radius 1 is 1.15 bits per heavy atom. The molecule has 2 atom stereocenters. The molecule has 0 spiro atoms. The lowest BCUT2D eigenvalue weighted by Crippen LogP contribution is -2.25. The molecule has 10 heteroatoms. The zero-order valence-corrected chi connectivity index (χ0v) is 19.5. The van der Waals surface area contributed by atoms with Crippen molar-refractivity contribution in [2.45, 2.75) is 39.8 Å². The van der Waals surface area contributed by atoms with Gasteiger partial charge in [-0.1, -0.05) is 0 Å². The molecule has 34 heavy (non-hydrogen) atoms. The number of carbonyl (C=O) groups excluding carboxylic acids is 1. The fourth-order valence-electron chi connectivity index (χ4n) is 5.43. The summed E-state index contributed by atoms with van der Waals surface area (Å²) in [5.41, 5.74) is 9.50. The van der Waals surface area contributed by atoms with E-state index in [1.807, 2.05) is 41.5 Å². The normalized spacial score (nSPS) is 20.1. The minimum atomic E-state index is -0.480. The molecule has 0 radical (unpaired) electrons. The van der Waals surface area contributed by atoms with E-state index in [2.05, 4.69) is 25.3 Å². The molecule has 1 aromatic carbocycles. The van der Waals surface area contributed by atoms with Crippen molar-refractivity contribution >= 4 is 16.8 Å². The third-order valence-electron chi connectivity index (χ3n) is 7.41. The summed E-state index contributed by atoms with van der Waals surface area (Å²) in [6.45, 7) is 8.80. The van der Waals surface area contributed by atoms with Gasteiger partial charge in [-0.05, 0) is 56.7 Å². The molecule has 6 rings (SSSR count). The number of aromatic amines is 1. The summed E-state index contributed by atoms with van der Waals surface area (Å²) >= 11 is 0. The van der Waals surface area contributed by atoms with Gasteiger partial charge in [-0.3, -0.25) is 19.3 Å². The number of rotatable bonds is 7. The molecule has 176 valence electrons. The van der Waals surface area contributed by atoms with Gasteiger partial charge in [-0.15, -0.1) is 0 Å². The number of carbonyl (C=O) groups is 1. The fourth-order valence-corrected chi connectivity index (χ4v) is 5.43. The number of hydrogen-bond acceptors (Lipinski definition) is 6. The molecule has 3 N–H and O–H groups in total. The molecule has 0 bridgehead atoms. The monoisotopic (exact) mass is 459 g/mol. The molecule has 10 nitrogen and oxygen atoms in total. The standard InChI is InChI=1S/C24H29N9O/c1-3-32-21(8-14(2)30-32)24-27-23(28-29-24)18-9-17(22(25)34)10-20-19(18)11-26-33(20)7-6-31-12-15-4-5-16(15)13-31/h8-11,15-16H,3-7,12-13H2,1-2H3,(H2,25,34)(H,27,28,29). The number of aryl methyl sites for hydroxylation is 2. The van der Waals surface area contributed by atoms with Crippen molar-refractivity contribution in [2.75, 3.05) is 19.6 Å². The van der Waals surface area contributed by atoms with E-state index in [0.29, 0.717) is 17.2 Å². The second-order valence-corrected chi connectivity index (χ2v) is 9.54. The third-order valence-corrected chi connectivity index (χ3v) is 7.41. The Labute approximate surface area is 197 Å². The highest BCUT2D eigenvalue weighted by atomic mass is 16.1. The number of nitrogens with zero attached hydrogens (tertiary/aromatic N) is 7. The van der Waals surface area contributed by atoms with Gasteiger partial charge in [0, 0.05) is 42.7 Å². The van der Waals surface area contributed by atoms with Crippen molar-refractivity contribution in [3.05, 3.63) is 35.7 Å². The smallest absolute Gasteiger partial charge is 0.248 e. The van der Waals surface area contributed by atoms with Gasteiger partial charge in [0.25, 0.3) is 0 Å². The van der Waals surface area contributed by atoms with Gasteiger partial charge >= 0.3 is 0 Å². The summed E-state index contributed by atoms with van der Waals surface area (Å²) in [5.74, 6) is 2.42. The molecule has 1 aliphatic carbocycles. The van der Waals surface area contributed by atoms with Crippen molar-refractivity contribution in [1.82, 2.24) is 39.6 Å². The van der Waals surface area contributed by atoms with Crippen LogP contribution in [-0.2, 0) is 13.1 Å². The van der Waals surface area contributed by atoms with E-state index in [9.17, 15) is 4.79 Å². The van der Waals surface area contributed by atoms with Crippen LogP contribution in [0.4, 0.5) is 0 Å². The van der Waals surface area contributed by atoms with Gasteiger partial charge in [-0.2, -0.15) is 15.3 Å². The molecule has 2 aliphatic rings. The molecule has 1 aliphatic heterocycles. The maximum absolute atomic E-state index is 12.1. The predicted molar refractivity (Wildman–Crippen MR) is 128 cm³/mol. The van der Waals surface area contributed by atoms with Crippen molar-refractivity contribution in [3.63, 3.8) is 0 Å². The number of hydrogen-bond donors (Lipinski definition) is 2. The largest absolute Gasteiger partial charge is 0.366 e. The Morgan fingerprint density at radius 2 is 1.94 bits per heavy atom. The van der Waals surface area contributed by atoms with E-state index < -0.39 is 5.91 Å². The summed E-state index contributed by atoms with van der Waals surface area (Å²) in [7, 11) is 0. The molecule has 4 heterocycles. The predicted octanol–water partition coefficient (Wildman–Crippen LogP) is 2.45. The molecular formula is C24H29N9O. The lowest BCUT2D eigenvalue weighted by atomic mass is 9.77. The highest BCUT2D eigenvalue weighted by molar-refractivity contribution is 6.02. The first-order chi connectivity index (χ1) is 16.5. The second-order valence-electron chi connectivity index (χ2n) is 9.54. The molecule has 1 saturated heterocycles. The number of benzene rings is 1. The van der Waals surface area contributed by atoms with Crippen LogP contribution in [0.3, 0.4) is 0 Å². The van der Waals surface area contributed by atoms with Crippen LogP contribution in [-0.4, -0.2) is 65.2 Å². The van der Waals surface area contributed by atoms with E-state index in [1.165, 1.54) is 25.9 Å². The molecule has 2 unspecified atom stereocenters. The van der Waals surface area contributed by atoms with Crippen LogP contribution < -0.4 is 5.73 Å². The minimum Gasteiger partial charge on any atom is -0.366 e. The van der Waals surface area contributed by atoms with E-state index in [4.69, 9.17) is 10.7 Å². The van der Waals surface area contributed by atoms with Crippen LogP contribution in [0.15, 0.2) is 24.4 Å². The summed E-state index contributed by atoms with van der Waals surface area (Å²) < 4.78 is 3.85. The molecule has 3 aromatic heterocycles. The maximum atomic E-state index is 12.1. The van der Waals surface area contributed by atoms with Crippen molar-refractivity contribution in [1.29, 1.82) is 0 Å². The van der Waals surface area contributed by atoms with Crippen LogP contribution in [0, 0.1) is 18.8 Å². The van der Waals surface area contributed by atoms with Crippen LogP contribution >= 0.6 is 0 Å². The SMILES string of the molecule is CCn1nc(C)cc1-c1n[nH]c(-c2cc(C(N)=O)cc3c2cnn3CCN2CC3CCC3C2)n1. The number of fused-ring (bicyclic) bond motifs is 2. The quantitative estimate of drug-likeness (QED) is 0.438. The Morgan fingerprint density at radius 3 is 2.65 bits per heavy atom. The maximum Gasteiger partial charge on any atom is 0.248 e. The Bertz CT molecular complexity index is 1370. The third kappa shape index (κ3) is 3.49. The fraction of sp³-hybridized carbons (Fsp3) is 0.458. The van der Waals surface area contributed by atoms with Gasteiger partial charge < -0.3 is 10.6 Å². The molecule has 2 fully saturated rings. The zero-order valence-electron chi connectivity index (χ0n) is 19.5. The van der Waals surface area contributed by atoms with Crippen molar-refractivity contribution in [3.8, 4) is 22.9 Å². The Hall–Kier alpha value is -3.53. The number of likely N-dealkylation sites (tertiary alicyclic amines) is 1. The zero-order chi connectivity index (χ0) is 23.4. The van der Waals surface area contributed by atoms with Gasteiger partial charge in [0.2, 0.25) is 5.91 Å². The summed E-state index contributed by atoms with van der Waals surface area (Å²) in [6.07, 6.45) is 4.58. The number of nitrogens with two attached hydrogens (primary N) is 1. The molecular weight excluding hydrogens is 430 g/mol. The number of amides is 1.